The van der Waals surface area contributed by atoms with Gasteiger partial charge in [-0.05, 0) is 19.1 Å². The lowest BCUT2D eigenvalue weighted by Crippen LogP contribution is -2.21. The highest BCUT2D eigenvalue weighted by Crippen LogP contribution is 2.27. The zero-order valence-corrected chi connectivity index (χ0v) is 15.0. The first-order valence-electron chi connectivity index (χ1n) is 7.72. The second kappa shape index (κ2) is 6.25. The second-order valence-corrected chi connectivity index (χ2v) is 7.54. The van der Waals surface area contributed by atoms with Gasteiger partial charge in [-0.3, -0.25) is 18.9 Å². The van der Waals surface area contributed by atoms with Crippen molar-refractivity contribution in [1.29, 1.82) is 0 Å². The summed E-state index contributed by atoms with van der Waals surface area (Å²) in [7, 11) is -0.552. The summed E-state index contributed by atoms with van der Waals surface area (Å²) in [4.78, 5) is 12.7. The Bertz CT molecular complexity index is 1060. The van der Waals surface area contributed by atoms with Gasteiger partial charge in [0.25, 0.3) is 15.6 Å². The molecule has 130 valence electrons. The van der Waals surface area contributed by atoms with Crippen molar-refractivity contribution < 1.29 is 8.42 Å². The number of nitrogens with one attached hydrogen (secondary N) is 1. The summed E-state index contributed by atoms with van der Waals surface area (Å²) in [6.45, 7) is 1.88. The summed E-state index contributed by atoms with van der Waals surface area (Å²) in [5.41, 5.74) is 1.86. The lowest BCUT2D eigenvalue weighted by atomic mass is 10.1. The van der Waals surface area contributed by atoms with Gasteiger partial charge < -0.3 is 0 Å². The molecule has 0 aliphatic rings. The minimum absolute atomic E-state index is 0.0387. The van der Waals surface area contributed by atoms with Crippen molar-refractivity contribution in [3.63, 3.8) is 0 Å². The molecular formula is C18H19N3O3S. The highest BCUT2D eigenvalue weighted by molar-refractivity contribution is 7.92. The van der Waals surface area contributed by atoms with Gasteiger partial charge in [-0.1, -0.05) is 48.0 Å². The van der Waals surface area contributed by atoms with Gasteiger partial charge in [0.2, 0.25) is 0 Å². The van der Waals surface area contributed by atoms with E-state index < -0.39 is 15.6 Å². The first-order valence-corrected chi connectivity index (χ1v) is 9.20. The molecule has 0 bridgehead atoms. The third kappa shape index (κ3) is 3.10. The number of aromatic nitrogens is 2. The van der Waals surface area contributed by atoms with E-state index in [2.05, 4.69) is 4.72 Å². The van der Waals surface area contributed by atoms with E-state index in [-0.39, 0.29) is 10.6 Å². The van der Waals surface area contributed by atoms with Crippen LogP contribution in [-0.4, -0.2) is 17.8 Å². The van der Waals surface area contributed by atoms with E-state index in [0.717, 1.165) is 11.1 Å². The third-order valence-electron chi connectivity index (χ3n) is 4.13. The number of nitrogens with zero attached hydrogens (tertiary/aromatic N) is 2. The maximum Gasteiger partial charge on any atom is 0.291 e. The zero-order valence-electron chi connectivity index (χ0n) is 14.2. The minimum Gasteiger partial charge on any atom is -0.283 e. The minimum atomic E-state index is -3.86. The van der Waals surface area contributed by atoms with Crippen LogP contribution < -0.4 is 10.3 Å². The molecule has 0 spiro atoms. The van der Waals surface area contributed by atoms with Crippen LogP contribution in [-0.2, 0) is 24.1 Å². The Hall–Kier alpha value is -2.80. The summed E-state index contributed by atoms with van der Waals surface area (Å²) >= 11 is 0. The Morgan fingerprint density at radius 1 is 0.880 bits per heavy atom. The fraction of sp³-hybridized carbons (Fsp3) is 0.167. The third-order valence-corrected chi connectivity index (χ3v) is 5.50. The fourth-order valence-electron chi connectivity index (χ4n) is 2.64. The van der Waals surface area contributed by atoms with E-state index in [0.29, 0.717) is 5.69 Å². The Morgan fingerprint density at radius 2 is 1.48 bits per heavy atom. The largest absolute Gasteiger partial charge is 0.291 e. The highest BCUT2D eigenvalue weighted by atomic mass is 32.2. The van der Waals surface area contributed by atoms with Crippen LogP contribution in [0.1, 0.15) is 5.56 Å². The molecule has 3 rings (SSSR count). The number of rotatable bonds is 4. The molecular weight excluding hydrogens is 338 g/mol. The monoisotopic (exact) mass is 357 g/mol. The molecule has 25 heavy (non-hydrogen) atoms. The average Bonchev–Trinajstić information content (AvgIpc) is 2.80. The first-order chi connectivity index (χ1) is 11.8. The lowest BCUT2D eigenvalue weighted by Gasteiger charge is -2.10. The molecule has 0 fully saturated rings. The van der Waals surface area contributed by atoms with Crippen LogP contribution in [0.25, 0.3) is 11.3 Å². The van der Waals surface area contributed by atoms with Crippen molar-refractivity contribution in [3.05, 3.63) is 70.5 Å². The Balaban J connectivity index is 2.14. The molecule has 0 saturated carbocycles. The maximum absolute atomic E-state index is 12.7. The van der Waals surface area contributed by atoms with Crippen LogP contribution in [0.2, 0.25) is 0 Å². The van der Waals surface area contributed by atoms with E-state index in [4.69, 9.17) is 0 Å². The van der Waals surface area contributed by atoms with Gasteiger partial charge >= 0.3 is 0 Å². The number of anilines is 1. The standard InChI is InChI=1S/C18H19N3O3S/c1-13-9-11-15(12-10-13)25(23,24)19-16-17(14-7-5-4-6-8-14)20(2)21(3)18(16)22/h4-12,19H,1-3H3. The molecule has 1 heterocycles. The van der Waals surface area contributed by atoms with Gasteiger partial charge in [-0.15, -0.1) is 0 Å². The number of sulfonamides is 1. The summed E-state index contributed by atoms with van der Waals surface area (Å²) in [5.74, 6) is 0. The van der Waals surface area contributed by atoms with Crippen LogP contribution in [0, 0.1) is 6.92 Å². The molecule has 0 unspecified atom stereocenters. The molecule has 3 aromatic rings. The quantitative estimate of drug-likeness (QED) is 0.780. The van der Waals surface area contributed by atoms with Gasteiger partial charge in [0.15, 0.2) is 0 Å². The van der Waals surface area contributed by atoms with E-state index in [1.54, 1.807) is 30.9 Å². The summed E-state index contributed by atoms with van der Waals surface area (Å²) in [5, 5.41) is 0. The number of hydrogen-bond acceptors (Lipinski definition) is 3. The van der Waals surface area contributed by atoms with E-state index in [1.807, 2.05) is 37.3 Å². The molecule has 0 aliphatic heterocycles. The molecule has 0 atom stereocenters. The van der Waals surface area contributed by atoms with Gasteiger partial charge in [0.1, 0.15) is 5.69 Å². The van der Waals surface area contributed by atoms with Crippen molar-refractivity contribution in [2.45, 2.75) is 11.8 Å². The van der Waals surface area contributed by atoms with Crippen molar-refractivity contribution in [2.75, 3.05) is 4.72 Å². The summed E-state index contributed by atoms with van der Waals surface area (Å²) in [6, 6.07) is 15.7. The van der Waals surface area contributed by atoms with Gasteiger partial charge in [0, 0.05) is 19.7 Å². The second-order valence-electron chi connectivity index (χ2n) is 5.86. The van der Waals surface area contributed by atoms with Crippen LogP contribution in [0.3, 0.4) is 0 Å². The Morgan fingerprint density at radius 3 is 2.08 bits per heavy atom. The molecule has 7 heteroatoms. The highest BCUT2D eigenvalue weighted by Gasteiger charge is 2.23. The van der Waals surface area contributed by atoms with E-state index in [1.165, 1.54) is 16.8 Å². The van der Waals surface area contributed by atoms with Gasteiger partial charge in [-0.2, -0.15) is 0 Å². The van der Waals surface area contributed by atoms with Crippen LogP contribution >= 0.6 is 0 Å². The molecule has 0 amide bonds. The van der Waals surface area contributed by atoms with Gasteiger partial charge in [-0.25, -0.2) is 8.42 Å². The predicted octanol–water partition coefficient (Wildman–Crippen LogP) is 2.50. The fourth-order valence-corrected chi connectivity index (χ4v) is 3.71. The molecule has 0 saturated heterocycles. The Labute approximate surface area is 146 Å². The topological polar surface area (TPSA) is 73.1 Å². The van der Waals surface area contributed by atoms with Crippen molar-refractivity contribution in [1.82, 2.24) is 9.36 Å². The summed E-state index contributed by atoms with van der Waals surface area (Å²) in [6.07, 6.45) is 0. The first kappa shape index (κ1) is 17.0. The maximum atomic E-state index is 12.7. The van der Waals surface area contributed by atoms with Crippen molar-refractivity contribution in [3.8, 4) is 11.3 Å². The summed E-state index contributed by atoms with van der Waals surface area (Å²) < 4.78 is 30.9. The molecule has 2 aromatic carbocycles. The molecule has 0 aliphatic carbocycles. The van der Waals surface area contributed by atoms with E-state index >= 15 is 0 Å². The smallest absolute Gasteiger partial charge is 0.283 e. The number of aryl methyl sites for hydroxylation is 1. The van der Waals surface area contributed by atoms with E-state index in [9.17, 15) is 13.2 Å². The molecule has 1 N–H and O–H groups in total. The molecule has 1 aromatic heterocycles. The van der Waals surface area contributed by atoms with Crippen LogP contribution in [0.4, 0.5) is 5.69 Å². The van der Waals surface area contributed by atoms with Crippen molar-refractivity contribution in [2.24, 2.45) is 14.1 Å². The van der Waals surface area contributed by atoms with Crippen molar-refractivity contribution >= 4 is 15.7 Å². The molecule has 6 nitrogen and oxygen atoms in total. The lowest BCUT2D eigenvalue weighted by molar-refractivity contribution is 0.584. The van der Waals surface area contributed by atoms with Crippen LogP contribution in [0.15, 0.2) is 64.3 Å². The predicted molar refractivity (Wildman–Crippen MR) is 98.1 cm³/mol. The normalized spacial score (nSPS) is 11.5. The van der Waals surface area contributed by atoms with Gasteiger partial charge in [0.05, 0.1) is 10.6 Å². The number of hydrogen-bond donors (Lipinski definition) is 1. The van der Waals surface area contributed by atoms with Crippen LogP contribution in [0.5, 0.6) is 0 Å². The number of benzene rings is 2. The average molecular weight is 357 g/mol. The Kier molecular flexibility index (Phi) is 4.26. The zero-order chi connectivity index (χ0) is 18.2. The SMILES string of the molecule is Cc1ccc(S(=O)(=O)Nc2c(-c3ccccc3)n(C)n(C)c2=O)cc1. The molecule has 0 radical (unpaired) electrons.